The first-order chi connectivity index (χ1) is 10.7. The highest BCUT2D eigenvalue weighted by Crippen LogP contribution is 2.19. The molecule has 0 aromatic rings. The van der Waals surface area contributed by atoms with Gasteiger partial charge in [0.05, 0.1) is 19.1 Å². The molecule has 0 heterocycles. The van der Waals surface area contributed by atoms with Crippen LogP contribution in [0.5, 0.6) is 0 Å². The molecule has 0 aromatic carbocycles. The fourth-order valence-electron chi connectivity index (χ4n) is 2.51. The van der Waals surface area contributed by atoms with Crippen molar-refractivity contribution in [3.05, 3.63) is 0 Å². The minimum Gasteiger partial charge on any atom is -0.466 e. The van der Waals surface area contributed by atoms with Crippen LogP contribution in [0.15, 0.2) is 0 Å². The third-order valence-electron chi connectivity index (χ3n) is 3.78. The monoisotopic (exact) mass is 314 g/mol. The van der Waals surface area contributed by atoms with Gasteiger partial charge in [0.1, 0.15) is 0 Å². The van der Waals surface area contributed by atoms with Crippen molar-refractivity contribution in [2.75, 3.05) is 13.2 Å². The molecule has 0 spiro atoms. The van der Waals surface area contributed by atoms with E-state index >= 15 is 0 Å². The molecule has 0 saturated carbocycles. The minimum atomic E-state index is -0.226. The Bertz CT molecular complexity index is 289. The third kappa shape index (κ3) is 11.6. The summed E-state index contributed by atoms with van der Waals surface area (Å²) in [6, 6.07) is 0. The van der Waals surface area contributed by atoms with Crippen molar-refractivity contribution >= 4 is 11.9 Å². The van der Waals surface area contributed by atoms with Gasteiger partial charge in [-0.25, -0.2) is 0 Å². The highest BCUT2D eigenvalue weighted by molar-refractivity contribution is 5.74. The summed E-state index contributed by atoms with van der Waals surface area (Å²) in [5.41, 5.74) is 0. The molecular formula is C18H34O4. The summed E-state index contributed by atoms with van der Waals surface area (Å²) in [5, 5.41) is 0. The fourth-order valence-corrected chi connectivity index (χ4v) is 2.51. The summed E-state index contributed by atoms with van der Waals surface area (Å²) in [6.07, 6.45) is 10.2. The molecule has 0 N–H and O–H groups in total. The van der Waals surface area contributed by atoms with E-state index in [0.29, 0.717) is 26.1 Å². The second kappa shape index (κ2) is 14.9. The van der Waals surface area contributed by atoms with Crippen LogP contribution in [0.1, 0.15) is 85.0 Å². The Morgan fingerprint density at radius 2 is 1.36 bits per heavy atom. The van der Waals surface area contributed by atoms with Crippen LogP contribution in [-0.4, -0.2) is 25.2 Å². The van der Waals surface area contributed by atoms with Gasteiger partial charge >= 0.3 is 11.9 Å². The Hall–Kier alpha value is -1.06. The van der Waals surface area contributed by atoms with Crippen molar-refractivity contribution in [2.45, 2.75) is 85.0 Å². The van der Waals surface area contributed by atoms with E-state index in [1.807, 2.05) is 6.92 Å². The highest BCUT2D eigenvalue weighted by Gasteiger charge is 2.20. The lowest BCUT2D eigenvalue weighted by Gasteiger charge is -2.15. The molecule has 0 aliphatic rings. The molecule has 0 radical (unpaired) electrons. The minimum absolute atomic E-state index is 0.167. The van der Waals surface area contributed by atoms with E-state index in [4.69, 9.17) is 9.47 Å². The van der Waals surface area contributed by atoms with Crippen LogP contribution in [0, 0.1) is 5.92 Å². The molecule has 0 unspecified atom stereocenters. The lowest BCUT2D eigenvalue weighted by molar-refractivity contribution is -0.149. The Morgan fingerprint density at radius 3 is 1.95 bits per heavy atom. The maximum absolute atomic E-state index is 11.9. The van der Waals surface area contributed by atoms with Crippen molar-refractivity contribution in [2.24, 2.45) is 5.92 Å². The molecular weight excluding hydrogens is 280 g/mol. The summed E-state index contributed by atoms with van der Waals surface area (Å²) >= 11 is 0. The number of carbonyl (C=O) groups excluding carboxylic acids is 2. The Balaban J connectivity index is 3.98. The zero-order chi connectivity index (χ0) is 16.6. The Labute approximate surface area is 135 Å². The van der Waals surface area contributed by atoms with Crippen molar-refractivity contribution in [1.82, 2.24) is 0 Å². The normalized spacial score (nSPS) is 12.0. The van der Waals surface area contributed by atoms with Gasteiger partial charge in [-0.1, -0.05) is 51.9 Å². The Morgan fingerprint density at radius 1 is 0.773 bits per heavy atom. The van der Waals surface area contributed by atoms with Crippen LogP contribution in [0.2, 0.25) is 0 Å². The van der Waals surface area contributed by atoms with Gasteiger partial charge in [-0.05, 0) is 26.7 Å². The zero-order valence-electron chi connectivity index (χ0n) is 14.7. The van der Waals surface area contributed by atoms with Crippen LogP contribution in [-0.2, 0) is 19.1 Å². The smallest absolute Gasteiger partial charge is 0.308 e. The number of hydrogen-bond acceptors (Lipinski definition) is 4. The molecule has 130 valence electrons. The van der Waals surface area contributed by atoms with E-state index < -0.39 is 0 Å². The standard InChI is InChI=1S/C18H34O4/c1-4-7-8-9-10-11-12-13-16(18(20)22-6-3)14-15-17(19)21-5-2/h16H,4-15H2,1-3H3/t16-/m0/s1. The second-order valence-electron chi connectivity index (χ2n) is 5.70. The van der Waals surface area contributed by atoms with E-state index in [1.165, 1.54) is 32.1 Å². The first-order valence-electron chi connectivity index (χ1n) is 8.97. The topological polar surface area (TPSA) is 52.6 Å². The van der Waals surface area contributed by atoms with Crippen molar-refractivity contribution in [3.8, 4) is 0 Å². The largest absolute Gasteiger partial charge is 0.466 e. The predicted octanol–water partition coefficient (Wildman–Crippen LogP) is 4.65. The van der Waals surface area contributed by atoms with Gasteiger partial charge in [-0.2, -0.15) is 0 Å². The fraction of sp³-hybridized carbons (Fsp3) is 0.889. The van der Waals surface area contributed by atoms with Gasteiger partial charge in [-0.3, -0.25) is 9.59 Å². The summed E-state index contributed by atoms with van der Waals surface area (Å²) in [6.45, 7) is 6.60. The summed E-state index contributed by atoms with van der Waals surface area (Å²) < 4.78 is 10.0. The number of rotatable bonds is 14. The average molecular weight is 314 g/mol. The molecule has 0 fully saturated rings. The first kappa shape index (κ1) is 20.9. The quantitative estimate of drug-likeness (QED) is 0.346. The van der Waals surface area contributed by atoms with Crippen LogP contribution in [0.25, 0.3) is 0 Å². The van der Waals surface area contributed by atoms with Crippen LogP contribution in [0.3, 0.4) is 0 Å². The van der Waals surface area contributed by atoms with Crippen molar-refractivity contribution in [3.63, 3.8) is 0 Å². The Kier molecular flexibility index (Phi) is 14.1. The maximum Gasteiger partial charge on any atom is 0.308 e. The van der Waals surface area contributed by atoms with Crippen molar-refractivity contribution < 1.29 is 19.1 Å². The molecule has 0 aliphatic carbocycles. The lowest BCUT2D eigenvalue weighted by Crippen LogP contribution is -2.19. The zero-order valence-corrected chi connectivity index (χ0v) is 14.7. The van der Waals surface area contributed by atoms with Crippen LogP contribution < -0.4 is 0 Å². The van der Waals surface area contributed by atoms with E-state index in [1.54, 1.807) is 6.92 Å². The molecule has 4 heteroatoms. The molecule has 1 atom stereocenters. The number of ether oxygens (including phenoxy) is 2. The number of unbranched alkanes of at least 4 members (excludes halogenated alkanes) is 6. The molecule has 0 rings (SSSR count). The van der Waals surface area contributed by atoms with E-state index in [0.717, 1.165) is 19.3 Å². The average Bonchev–Trinajstić information content (AvgIpc) is 2.49. The molecule has 0 aliphatic heterocycles. The van der Waals surface area contributed by atoms with Gasteiger partial charge in [0, 0.05) is 6.42 Å². The number of carbonyl (C=O) groups is 2. The van der Waals surface area contributed by atoms with E-state index in [-0.39, 0.29) is 17.9 Å². The van der Waals surface area contributed by atoms with Gasteiger partial charge in [0.2, 0.25) is 0 Å². The van der Waals surface area contributed by atoms with E-state index in [2.05, 4.69) is 6.92 Å². The molecule has 0 saturated heterocycles. The number of hydrogen-bond donors (Lipinski definition) is 0. The summed E-state index contributed by atoms with van der Waals surface area (Å²) in [5.74, 6) is -0.561. The van der Waals surface area contributed by atoms with Gasteiger partial charge in [0.25, 0.3) is 0 Å². The maximum atomic E-state index is 11.9. The molecule has 0 amide bonds. The predicted molar refractivity (Wildman–Crippen MR) is 88.6 cm³/mol. The van der Waals surface area contributed by atoms with Crippen LogP contribution in [0.4, 0.5) is 0 Å². The van der Waals surface area contributed by atoms with Crippen LogP contribution >= 0.6 is 0 Å². The lowest BCUT2D eigenvalue weighted by atomic mass is 9.95. The highest BCUT2D eigenvalue weighted by atomic mass is 16.5. The summed E-state index contributed by atoms with van der Waals surface area (Å²) in [4.78, 5) is 23.4. The second-order valence-corrected chi connectivity index (χ2v) is 5.70. The molecule has 22 heavy (non-hydrogen) atoms. The van der Waals surface area contributed by atoms with Gasteiger partial charge < -0.3 is 9.47 Å². The molecule has 4 nitrogen and oxygen atoms in total. The third-order valence-corrected chi connectivity index (χ3v) is 3.78. The number of esters is 2. The van der Waals surface area contributed by atoms with Gasteiger partial charge in [0.15, 0.2) is 0 Å². The first-order valence-corrected chi connectivity index (χ1v) is 8.97. The summed E-state index contributed by atoms with van der Waals surface area (Å²) in [7, 11) is 0. The molecule has 0 bridgehead atoms. The SMILES string of the molecule is CCCCCCCCC[C@@H](CCC(=O)OCC)C(=O)OCC. The van der Waals surface area contributed by atoms with Gasteiger partial charge in [-0.15, -0.1) is 0 Å². The van der Waals surface area contributed by atoms with E-state index in [9.17, 15) is 9.59 Å². The molecule has 0 aromatic heterocycles. The van der Waals surface area contributed by atoms with Crippen molar-refractivity contribution in [1.29, 1.82) is 0 Å².